The van der Waals surface area contributed by atoms with E-state index in [2.05, 4.69) is 15.6 Å². The number of carbonyl (C=O) groups is 1. The molecule has 2 aliphatic heterocycles. The average molecular weight is 370 g/mol. The van der Waals surface area contributed by atoms with Crippen LogP contribution in [0.1, 0.15) is 15.9 Å². The molecule has 2 unspecified atom stereocenters. The van der Waals surface area contributed by atoms with Crippen LogP contribution < -0.4 is 16.4 Å². The van der Waals surface area contributed by atoms with Crippen molar-refractivity contribution in [1.29, 1.82) is 0 Å². The number of rotatable bonds is 2. The number of benzene rings is 2. The molecule has 0 saturated carbocycles. The highest BCUT2D eigenvalue weighted by Crippen LogP contribution is 2.49. The lowest BCUT2D eigenvalue weighted by molar-refractivity contribution is 0.0977. The number of nitrogens with two attached hydrogens (primary N) is 1. The van der Waals surface area contributed by atoms with E-state index in [0.29, 0.717) is 35.1 Å². The maximum absolute atomic E-state index is 14.6. The van der Waals surface area contributed by atoms with Gasteiger partial charge in [0.2, 0.25) is 0 Å². The minimum atomic E-state index is -0.527. The lowest BCUT2D eigenvalue weighted by Crippen LogP contribution is -2.42. The van der Waals surface area contributed by atoms with Gasteiger partial charge in [-0.3, -0.25) is 9.79 Å². The minimum Gasteiger partial charge on any atom is -0.399 e. The van der Waals surface area contributed by atoms with Crippen LogP contribution in [0.5, 0.6) is 0 Å². The van der Waals surface area contributed by atoms with Crippen molar-refractivity contribution in [1.82, 2.24) is 10.6 Å². The molecule has 2 aromatic carbocycles. The molecule has 1 saturated heterocycles. The molecular weight excluding hydrogens is 351 g/mol. The summed E-state index contributed by atoms with van der Waals surface area (Å²) in [6, 6.07) is 13.6. The molecule has 2 aromatic rings. The summed E-state index contributed by atoms with van der Waals surface area (Å²) in [5, 5.41) is 6.72. The molecule has 7 heteroatoms. The van der Waals surface area contributed by atoms with Gasteiger partial charge in [0.1, 0.15) is 5.82 Å². The van der Waals surface area contributed by atoms with Gasteiger partial charge in [0.05, 0.1) is 4.75 Å². The van der Waals surface area contributed by atoms with Crippen LogP contribution in [0, 0.1) is 11.7 Å². The van der Waals surface area contributed by atoms with E-state index in [0.717, 1.165) is 6.54 Å². The highest BCUT2D eigenvalue weighted by molar-refractivity contribution is 8.14. The number of carbonyl (C=O) groups excluding carboxylic acids is 1. The van der Waals surface area contributed by atoms with Gasteiger partial charge in [-0.2, -0.15) is 0 Å². The lowest BCUT2D eigenvalue weighted by atomic mass is 9.87. The van der Waals surface area contributed by atoms with Crippen LogP contribution in [0.15, 0.2) is 53.5 Å². The fourth-order valence-corrected chi connectivity index (χ4v) is 4.92. The number of halogens is 1. The Kier molecular flexibility index (Phi) is 4.42. The highest BCUT2D eigenvalue weighted by Gasteiger charge is 2.49. The molecule has 1 fully saturated rings. The van der Waals surface area contributed by atoms with E-state index in [1.54, 1.807) is 24.3 Å². The van der Waals surface area contributed by atoms with Crippen molar-refractivity contribution in [2.75, 3.05) is 25.4 Å². The van der Waals surface area contributed by atoms with E-state index in [1.807, 2.05) is 18.2 Å². The number of amides is 1. The Morgan fingerprint density at radius 1 is 1.31 bits per heavy atom. The Balaban J connectivity index is 1.63. The molecule has 0 aromatic heterocycles. The van der Waals surface area contributed by atoms with Gasteiger partial charge in [0.15, 0.2) is 5.17 Å². The van der Waals surface area contributed by atoms with Crippen LogP contribution in [0.4, 0.5) is 10.1 Å². The first-order valence-corrected chi connectivity index (χ1v) is 9.26. The maximum atomic E-state index is 14.6. The predicted octanol–water partition coefficient (Wildman–Crippen LogP) is 2.36. The normalized spacial score (nSPS) is 24.7. The second-order valence-corrected chi connectivity index (χ2v) is 7.84. The fraction of sp³-hybridized carbons (Fsp3) is 0.263. The van der Waals surface area contributed by atoms with Crippen molar-refractivity contribution in [3.63, 3.8) is 0 Å². The zero-order valence-electron chi connectivity index (χ0n) is 14.0. The molecule has 0 radical (unpaired) electrons. The molecule has 0 spiro atoms. The fourth-order valence-electron chi connectivity index (χ4n) is 3.53. The maximum Gasteiger partial charge on any atom is 0.257 e. The van der Waals surface area contributed by atoms with E-state index in [1.165, 1.54) is 17.8 Å². The molecular formula is C19H19FN4OS. The summed E-state index contributed by atoms with van der Waals surface area (Å²) < 4.78 is 14.1. The average Bonchev–Trinajstić information content (AvgIpc) is 3.08. The third-order valence-electron chi connectivity index (χ3n) is 4.87. The number of nitrogens with zero attached hydrogens (tertiary/aromatic N) is 1. The lowest BCUT2D eigenvalue weighted by Gasteiger charge is -2.37. The first-order chi connectivity index (χ1) is 12.6. The van der Waals surface area contributed by atoms with Gasteiger partial charge in [-0.15, -0.1) is 0 Å². The molecule has 2 atom stereocenters. The molecule has 2 heterocycles. The van der Waals surface area contributed by atoms with Crippen LogP contribution in [-0.2, 0) is 4.75 Å². The molecule has 1 amide bonds. The number of amidine groups is 1. The van der Waals surface area contributed by atoms with Crippen molar-refractivity contribution >= 4 is 28.5 Å². The third kappa shape index (κ3) is 2.97. The Labute approximate surface area is 155 Å². The van der Waals surface area contributed by atoms with E-state index in [-0.39, 0.29) is 17.6 Å². The number of nitrogens with one attached hydrogen (secondary N) is 2. The van der Waals surface area contributed by atoms with Crippen molar-refractivity contribution in [2.24, 2.45) is 10.9 Å². The van der Waals surface area contributed by atoms with Crippen LogP contribution in [0.2, 0.25) is 0 Å². The van der Waals surface area contributed by atoms with Gasteiger partial charge in [-0.1, -0.05) is 30.0 Å². The minimum absolute atomic E-state index is 0.140. The summed E-state index contributed by atoms with van der Waals surface area (Å²) in [7, 11) is 0. The standard InChI is InChI=1S/C19H19FN4OS/c20-16-7-6-14(21)8-15(16)19-11-22-9-13(19)10-23-18(26-19)24-17(25)12-4-2-1-3-5-12/h1-8,13,22H,9-11,21H2,(H,23,24,25). The number of aliphatic imine (C=N–C) groups is 1. The molecule has 2 aliphatic rings. The van der Waals surface area contributed by atoms with Crippen LogP contribution in [0.25, 0.3) is 0 Å². The second kappa shape index (κ2) is 6.74. The summed E-state index contributed by atoms with van der Waals surface area (Å²) >= 11 is 1.41. The number of anilines is 1. The zero-order valence-corrected chi connectivity index (χ0v) is 14.9. The number of nitrogen functional groups attached to an aromatic ring is 1. The van der Waals surface area contributed by atoms with Crippen molar-refractivity contribution in [3.8, 4) is 0 Å². The van der Waals surface area contributed by atoms with E-state index < -0.39 is 4.75 Å². The SMILES string of the molecule is Nc1ccc(F)c(C23CNCC2CN=C(NC(=O)c2ccccc2)S3)c1. The molecule has 134 valence electrons. The van der Waals surface area contributed by atoms with Crippen molar-refractivity contribution in [3.05, 3.63) is 65.5 Å². The first-order valence-electron chi connectivity index (χ1n) is 8.44. The summed E-state index contributed by atoms with van der Waals surface area (Å²) in [4.78, 5) is 17.0. The van der Waals surface area contributed by atoms with Crippen LogP contribution >= 0.6 is 11.8 Å². The summed E-state index contributed by atoms with van der Waals surface area (Å²) in [6.45, 7) is 1.88. The molecule has 0 aliphatic carbocycles. The number of hydrogen-bond donors (Lipinski definition) is 3. The van der Waals surface area contributed by atoms with Gasteiger partial charge >= 0.3 is 0 Å². The van der Waals surface area contributed by atoms with E-state index in [9.17, 15) is 9.18 Å². The van der Waals surface area contributed by atoms with Gasteiger partial charge in [-0.05, 0) is 30.3 Å². The quantitative estimate of drug-likeness (QED) is 0.709. The largest absolute Gasteiger partial charge is 0.399 e. The highest BCUT2D eigenvalue weighted by atomic mass is 32.2. The smallest absolute Gasteiger partial charge is 0.257 e. The third-order valence-corrected chi connectivity index (χ3v) is 6.36. The molecule has 4 N–H and O–H groups in total. The molecule has 26 heavy (non-hydrogen) atoms. The van der Waals surface area contributed by atoms with Gasteiger partial charge in [-0.25, -0.2) is 4.39 Å². The number of thioether (sulfide) groups is 1. The summed E-state index contributed by atoms with van der Waals surface area (Å²) in [5.74, 6) is -0.360. The zero-order chi connectivity index (χ0) is 18.1. The van der Waals surface area contributed by atoms with Gasteiger partial charge < -0.3 is 16.4 Å². The first kappa shape index (κ1) is 17.1. The van der Waals surface area contributed by atoms with Crippen molar-refractivity contribution in [2.45, 2.75) is 4.75 Å². The van der Waals surface area contributed by atoms with Gasteiger partial charge in [0, 0.05) is 42.4 Å². The Hall–Kier alpha value is -2.38. The van der Waals surface area contributed by atoms with Crippen molar-refractivity contribution < 1.29 is 9.18 Å². The summed E-state index contributed by atoms with van der Waals surface area (Å²) in [6.07, 6.45) is 0. The predicted molar refractivity (Wildman–Crippen MR) is 103 cm³/mol. The Morgan fingerprint density at radius 2 is 2.12 bits per heavy atom. The topological polar surface area (TPSA) is 79.5 Å². The Morgan fingerprint density at radius 3 is 2.92 bits per heavy atom. The number of hydrogen-bond acceptors (Lipinski definition) is 5. The molecule has 5 nitrogen and oxygen atoms in total. The summed E-state index contributed by atoms with van der Waals surface area (Å²) in [5.41, 5.74) is 7.57. The number of fused-ring (bicyclic) bond motifs is 1. The Bertz CT molecular complexity index is 873. The molecule has 0 bridgehead atoms. The second-order valence-electron chi connectivity index (χ2n) is 6.52. The van der Waals surface area contributed by atoms with Crippen LogP contribution in [-0.4, -0.2) is 30.7 Å². The molecule has 4 rings (SSSR count). The van der Waals surface area contributed by atoms with E-state index >= 15 is 0 Å². The van der Waals surface area contributed by atoms with Gasteiger partial charge in [0.25, 0.3) is 5.91 Å². The van der Waals surface area contributed by atoms with E-state index in [4.69, 9.17) is 5.73 Å². The monoisotopic (exact) mass is 370 g/mol. The van der Waals surface area contributed by atoms with Crippen LogP contribution in [0.3, 0.4) is 0 Å².